The Morgan fingerprint density at radius 3 is 1.88 bits per heavy atom. The minimum atomic E-state index is 0.726. The molecule has 0 unspecified atom stereocenters. The van der Waals surface area contributed by atoms with Gasteiger partial charge < -0.3 is 4.90 Å². The predicted molar refractivity (Wildman–Crippen MR) is 70.3 cm³/mol. The monoisotopic (exact) mass is 224 g/mol. The van der Waals surface area contributed by atoms with Crippen molar-refractivity contribution in [2.45, 2.75) is 65.2 Å². The van der Waals surface area contributed by atoms with Gasteiger partial charge in [0.2, 0.25) is 0 Å². The van der Waals surface area contributed by atoms with E-state index in [0.717, 1.165) is 12.8 Å². The Morgan fingerprint density at radius 1 is 0.812 bits per heavy atom. The molecule has 0 rings (SSSR count). The van der Waals surface area contributed by atoms with E-state index in [1.165, 1.54) is 58.2 Å². The van der Waals surface area contributed by atoms with E-state index in [2.05, 4.69) is 24.8 Å². The second kappa shape index (κ2) is 12.5. The standard InChI is InChI=1S/C14H28N2/c1-3-5-12-16(13-6-4-2)14-10-8-7-9-11-15/h3-10,12-14H2,1-2H3. The van der Waals surface area contributed by atoms with Gasteiger partial charge in [0, 0.05) is 6.42 Å². The van der Waals surface area contributed by atoms with Crippen molar-refractivity contribution in [3.63, 3.8) is 0 Å². The Labute approximate surface area is 102 Å². The fourth-order valence-electron chi connectivity index (χ4n) is 1.82. The first-order valence-electron chi connectivity index (χ1n) is 6.94. The molecule has 0 aliphatic carbocycles. The summed E-state index contributed by atoms with van der Waals surface area (Å²) in [6.07, 6.45) is 9.49. The van der Waals surface area contributed by atoms with E-state index in [1.807, 2.05) is 0 Å². The van der Waals surface area contributed by atoms with E-state index in [0.29, 0.717) is 0 Å². The van der Waals surface area contributed by atoms with Crippen LogP contribution in [0.1, 0.15) is 65.2 Å². The molecule has 2 nitrogen and oxygen atoms in total. The van der Waals surface area contributed by atoms with Crippen LogP contribution in [0.3, 0.4) is 0 Å². The molecule has 0 N–H and O–H groups in total. The lowest BCUT2D eigenvalue weighted by Gasteiger charge is -2.21. The van der Waals surface area contributed by atoms with Crippen molar-refractivity contribution in [1.29, 1.82) is 5.26 Å². The summed E-state index contributed by atoms with van der Waals surface area (Å²) >= 11 is 0. The summed E-state index contributed by atoms with van der Waals surface area (Å²) in [7, 11) is 0. The Kier molecular flexibility index (Phi) is 12.1. The Morgan fingerprint density at radius 2 is 1.38 bits per heavy atom. The van der Waals surface area contributed by atoms with E-state index in [4.69, 9.17) is 5.26 Å². The second-order valence-corrected chi connectivity index (χ2v) is 4.52. The highest BCUT2D eigenvalue weighted by molar-refractivity contribution is 4.68. The van der Waals surface area contributed by atoms with Crippen molar-refractivity contribution >= 4 is 0 Å². The molecule has 94 valence electrons. The molecule has 0 saturated carbocycles. The van der Waals surface area contributed by atoms with Crippen molar-refractivity contribution in [2.24, 2.45) is 0 Å². The number of nitrogens with zero attached hydrogens (tertiary/aromatic N) is 2. The summed E-state index contributed by atoms with van der Waals surface area (Å²) in [5.41, 5.74) is 0. The lowest BCUT2D eigenvalue weighted by atomic mass is 10.2. The van der Waals surface area contributed by atoms with E-state index < -0.39 is 0 Å². The largest absolute Gasteiger partial charge is 0.303 e. The minimum absolute atomic E-state index is 0.726. The lowest BCUT2D eigenvalue weighted by molar-refractivity contribution is 0.259. The molecule has 0 spiro atoms. The van der Waals surface area contributed by atoms with Gasteiger partial charge in [-0.2, -0.15) is 5.26 Å². The zero-order valence-electron chi connectivity index (χ0n) is 11.2. The van der Waals surface area contributed by atoms with Crippen LogP contribution in [0.4, 0.5) is 0 Å². The summed E-state index contributed by atoms with van der Waals surface area (Å²) in [6, 6.07) is 2.21. The van der Waals surface area contributed by atoms with E-state index in [1.54, 1.807) is 0 Å². The summed E-state index contributed by atoms with van der Waals surface area (Å²) in [6.45, 7) is 8.25. The van der Waals surface area contributed by atoms with E-state index >= 15 is 0 Å². The third-order valence-electron chi connectivity index (χ3n) is 2.92. The topological polar surface area (TPSA) is 27.0 Å². The van der Waals surface area contributed by atoms with Gasteiger partial charge in [-0.05, 0) is 45.3 Å². The first-order chi connectivity index (χ1) is 7.85. The van der Waals surface area contributed by atoms with Crippen LogP contribution in [0.5, 0.6) is 0 Å². The van der Waals surface area contributed by atoms with Gasteiger partial charge in [0.1, 0.15) is 0 Å². The molecule has 0 radical (unpaired) electrons. The van der Waals surface area contributed by atoms with E-state index in [-0.39, 0.29) is 0 Å². The zero-order chi connectivity index (χ0) is 12.1. The van der Waals surface area contributed by atoms with Gasteiger partial charge in [0.05, 0.1) is 6.07 Å². The van der Waals surface area contributed by atoms with Gasteiger partial charge in [0.15, 0.2) is 0 Å². The van der Waals surface area contributed by atoms with Crippen LogP contribution >= 0.6 is 0 Å². The van der Waals surface area contributed by atoms with Crippen LogP contribution in [0.2, 0.25) is 0 Å². The molecule has 0 atom stereocenters. The van der Waals surface area contributed by atoms with Gasteiger partial charge in [-0.1, -0.05) is 33.1 Å². The zero-order valence-corrected chi connectivity index (χ0v) is 11.2. The third kappa shape index (κ3) is 9.98. The predicted octanol–water partition coefficient (Wildman–Crippen LogP) is 3.97. The number of hydrogen-bond donors (Lipinski definition) is 0. The van der Waals surface area contributed by atoms with Crippen LogP contribution < -0.4 is 0 Å². The molecule has 0 bridgehead atoms. The SMILES string of the molecule is CCCCN(CCCC)CCCCCC#N. The number of nitriles is 1. The van der Waals surface area contributed by atoms with Gasteiger partial charge >= 0.3 is 0 Å². The van der Waals surface area contributed by atoms with Gasteiger partial charge in [0.25, 0.3) is 0 Å². The smallest absolute Gasteiger partial charge is 0.0621 e. The summed E-state index contributed by atoms with van der Waals surface area (Å²) < 4.78 is 0. The molecule has 16 heavy (non-hydrogen) atoms. The van der Waals surface area contributed by atoms with Crippen LogP contribution in [0.15, 0.2) is 0 Å². The van der Waals surface area contributed by atoms with E-state index in [9.17, 15) is 0 Å². The molecular weight excluding hydrogens is 196 g/mol. The average molecular weight is 224 g/mol. The number of rotatable bonds is 11. The first-order valence-corrected chi connectivity index (χ1v) is 6.94. The number of hydrogen-bond acceptors (Lipinski definition) is 2. The maximum absolute atomic E-state index is 8.45. The molecule has 0 aliphatic heterocycles. The lowest BCUT2D eigenvalue weighted by Crippen LogP contribution is -2.27. The average Bonchev–Trinajstić information content (AvgIpc) is 2.31. The molecule has 0 aromatic heterocycles. The van der Waals surface area contributed by atoms with Crippen molar-refractivity contribution in [2.75, 3.05) is 19.6 Å². The first kappa shape index (κ1) is 15.4. The van der Waals surface area contributed by atoms with Gasteiger partial charge in [-0.25, -0.2) is 0 Å². The highest BCUT2D eigenvalue weighted by Crippen LogP contribution is 2.04. The molecule has 2 heteroatoms. The van der Waals surface area contributed by atoms with Crippen LogP contribution in [0.25, 0.3) is 0 Å². The summed E-state index contributed by atoms with van der Waals surface area (Å²) in [5, 5.41) is 8.45. The van der Waals surface area contributed by atoms with Crippen molar-refractivity contribution in [3.05, 3.63) is 0 Å². The van der Waals surface area contributed by atoms with Gasteiger partial charge in [-0.15, -0.1) is 0 Å². The molecule has 0 aromatic carbocycles. The Balaban J connectivity index is 3.52. The Hall–Kier alpha value is -0.550. The molecule has 0 amide bonds. The number of unbranched alkanes of at least 4 members (excludes halogenated alkanes) is 5. The highest BCUT2D eigenvalue weighted by atomic mass is 15.1. The van der Waals surface area contributed by atoms with Crippen molar-refractivity contribution in [3.8, 4) is 6.07 Å². The van der Waals surface area contributed by atoms with Crippen LogP contribution in [0, 0.1) is 11.3 Å². The minimum Gasteiger partial charge on any atom is -0.303 e. The fraction of sp³-hybridized carbons (Fsp3) is 0.929. The van der Waals surface area contributed by atoms with Crippen LogP contribution in [-0.2, 0) is 0 Å². The maximum atomic E-state index is 8.45. The normalized spacial score (nSPS) is 10.6. The van der Waals surface area contributed by atoms with Gasteiger partial charge in [-0.3, -0.25) is 0 Å². The molecule has 0 fully saturated rings. The summed E-state index contributed by atoms with van der Waals surface area (Å²) in [5.74, 6) is 0. The maximum Gasteiger partial charge on any atom is 0.0621 e. The van der Waals surface area contributed by atoms with Crippen molar-refractivity contribution in [1.82, 2.24) is 4.90 Å². The Bertz CT molecular complexity index is 164. The molecular formula is C14H28N2. The molecule has 0 aromatic rings. The quantitative estimate of drug-likeness (QED) is 0.496. The second-order valence-electron chi connectivity index (χ2n) is 4.52. The third-order valence-corrected chi connectivity index (χ3v) is 2.92. The van der Waals surface area contributed by atoms with Crippen LogP contribution in [-0.4, -0.2) is 24.5 Å². The molecule has 0 aliphatic rings. The fourth-order valence-corrected chi connectivity index (χ4v) is 1.82. The molecule has 0 heterocycles. The highest BCUT2D eigenvalue weighted by Gasteiger charge is 2.02. The summed E-state index contributed by atoms with van der Waals surface area (Å²) in [4.78, 5) is 2.60. The van der Waals surface area contributed by atoms with Crippen molar-refractivity contribution < 1.29 is 0 Å². The molecule has 0 saturated heterocycles.